The minimum absolute atomic E-state index is 0.178. The zero-order valence-corrected chi connectivity index (χ0v) is 13.0. The van der Waals surface area contributed by atoms with Gasteiger partial charge in [-0.2, -0.15) is 0 Å². The molecule has 5 heteroatoms. The Morgan fingerprint density at radius 3 is 2.91 bits per heavy atom. The van der Waals surface area contributed by atoms with Gasteiger partial charge in [0.25, 0.3) is 0 Å². The van der Waals surface area contributed by atoms with E-state index in [0.29, 0.717) is 6.04 Å². The molecular formula is C17H21FN4. The molecule has 0 amide bonds. The van der Waals surface area contributed by atoms with E-state index < -0.39 is 0 Å². The van der Waals surface area contributed by atoms with E-state index in [1.807, 2.05) is 19.9 Å². The largest absolute Gasteiger partial charge is 0.369 e. The van der Waals surface area contributed by atoms with Crippen molar-refractivity contribution in [2.75, 3.05) is 23.3 Å². The molecule has 0 bridgehead atoms. The number of nitrogens with zero attached hydrogens (tertiary/aromatic N) is 3. The van der Waals surface area contributed by atoms with Crippen molar-refractivity contribution in [3.63, 3.8) is 0 Å². The summed E-state index contributed by atoms with van der Waals surface area (Å²) in [4.78, 5) is 10.9. The number of benzene rings is 1. The summed E-state index contributed by atoms with van der Waals surface area (Å²) in [5.74, 6) is 0.644. The maximum atomic E-state index is 13.3. The van der Waals surface area contributed by atoms with Gasteiger partial charge < -0.3 is 10.2 Å². The van der Waals surface area contributed by atoms with E-state index >= 15 is 0 Å². The Balaban J connectivity index is 1.71. The molecule has 1 saturated heterocycles. The second-order valence-corrected chi connectivity index (χ2v) is 5.91. The number of nitrogens with one attached hydrogen (secondary N) is 1. The first-order chi connectivity index (χ1) is 10.6. The molecule has 2 heterocycles. The lowest BCUT2D eigenvalue weighted by Crippen LogP contribution is -2.42. The Morgan fingerprint density at radius 1 is 1.27 bits per heavy atom. The van der Waals surface area contributed by atoms with Gasteiger partial charge >= 0.3 is 0 Å². The second kappa shape index (κ2) is 6.30. The molecule has 1 aromatic carbocycles. The third kappa shape index (κ3) is 3.35. The lowest BCUT2D eigenvalue weighted by molar-refractivity contribution is 0.527. The zero-order valence-electron chi connectivity index (χ0n) is 13.0. The summed E-state index contributed by atoms with van der Waals surface area (Å²) < 4.78 is 13.3. The first-order valence-corrected chi connectivity index (χ1v) is 7.68. The average molecular weight is 300 g/mol. The van der Waals surface area contributed by atoms with E-state index in [0.717, 1.165) is 48.7 Å². The maximum Gasteiger partial charge on any atom is 0.145 e. The van der Waals surface area contributed by atoms with E-state index in [4.69, 9.17) is 0 Å². The summed E-state index contributed by atoms with van der Waals surface area (Å²) in [5.41, 5.74) is 3.01. The van der Waals surface area contributed by atoms with Gasteiger partial charge in [0.2, 0.25) is 0 Å². The van der Waals surface area contributed by atoms with Gasteiger partial charge in [-0.15, -0.1) is 0 Å². The molecular weight excluding hydrogens is 279 g/mol. The van der Waals surface area contributed by atoms with Gasteiger partial charge in [-0.1, -0.05) is 0 Å². The van der Waals surface area contributed by atoms with Gasteiger partial charge in [0.1, 0.15) is 11.6 Å². The first kappa shape index (κ1) is 14.8. The lowest BCUT2D eigenvalue weighted by Gasteiger charge is -2.35. The van der Waals surface area contributed by atoms with E-state index in [1.165, 1.54) is 6.07 Å². The number of anilines is 2. The van der Waals surface area contributed by atoms with Crippen molar-refractivity contribution in [1.29, 1.82) is 0 Å². The summed E-state index contributed by atoms with van der Waals surface area (Å²) in [6, 6.07) is 5.33. The monoisotopic (exact) mass is 300 g/mol. The van der Waals surface area contributed by atoms with Crippen molar-refractivity contribution in [2.24, 2.45) is 0 Å². The molecule has 0 radical (unpaired) electrons. The van der Waals surface area contributed by atoms with E-state index in [-0.39, 0.29) is 5.82 Å². The number of aryl methyl sites for hydroxylation is 2. The molecule has 22 heavy (non-hydrogen) atoms. The lowest BCUT2D eigenvalue weighted by atomic mass is 10.0. The van der Waals surface area contributed by atoms with Crippen LogP contribution in [0, 0.1) is 19.7 Å². The Morgan fingerprint density at radius 2 is 2.14 bits per heavy atom. The van der Waals surface area contributed by atoms with Crippen LogP contribution in [-0.4, -0.2) is 29.1 Å². The fourth-order valence-electron chi connectivity index (χ4n) is 3.03. The minimum Gasteiger partial charge on any atom is -0.369 e. The third-order valence-electron chi connectivity index (χ3n) is 4.03. The van der Waals surface area contributed by atoms with Crippen LogP contribution in [0.1, 0.15) is 24.1 Å². The molecule has 1 aromatic heterocycles. The summed E-state index contributed by atoms with van der Waals surface area (Å²) >= 11 is 0. The standard InChI is InChI=1S/C17H21FN4/c1-12-8-14(18)5-6-16(12)22-7-3-4-15(11-22)21-17-10-19-9-13(2)20-17/h5-6,8-10,15H,3-4,7,11H2,1-2H3,(H,20,21). The van der Waals surface area contributed by atoms with Crippen LogP contribution < -0.4 is 10.2 Å². The van der Waals surface area contributed by atoms with Crippen molar-refractivity contribution in [3.8, 4) is 0 Å². The van der Waals surface area contributed by atoms with Crippen LogP contribution in [-0.2, 0) is 0 Å². The molecule has 2 aromatic rings. The molecule has 1 aliphatic rings. The van der Waals surface area contributed by atoms with Crippen molar-refractivity contribution >= 4 is 11.5 Å². The summed E-state index contributed by atoms with van der Waals surface area (Å²) in [7, 11) is 0. The van der Waals surface area contributed by atoms with Gasteiger partial charge in [-0.3, -0.25) is 4.98 Å². The zero-order chi connectivity index (χ0) is 15.5. The summed E-state index contributed by atoms with van der Waals surface area (Å²) in [6.45, 7) is 5.79. The molecule has 1 fully saturated rings. The smallest absolute Gasteiger partial charge is 0.145 e. The molecule has 1 unspecified atom stereocenters. The number of hydrogen-bond donors (Lipinski definition) is 1. The van der Waals surface area contributed by atoms with Gasteiger partial charge in [-0.05, 0) is 50.5 Å². The molecule has 1 atom stereocenters. The van der Waals surface area contributed by atoms with Crippen molar-refractivity contribution in [1.82, 2.24) is 9.97 Å². The highest BCUT2D eigenvalue weighted by Gasteiger charge is 2.21. The van der Waals surface area contributed by atoms with Crippen molar-refractivity contribution in [3.05, 3.63) is 47.7 Å². The van der Waals surface area contributed by atoms with Crippen LogP contribution in [0.5, 0.6) is 0 Å². The fraction of sp³-hybridized carbons (Fsp3) is 0.412. The molecule has 0 spiro atoms. The quantitative estimate of drug-likeness (QED) is 0.944. The summed E-state index contributed by atoms with van der Waals surface area (Å²) in [6.07, 6.45) is 5.72. The normalized spacial score (nSPS) is 18.3. The predicted molar refractivity (Wildman–Crippen MR) is 86.8 cm³/mol. The van der Waals surface area contributed by atoms with Crippen LogP contribution in [0.2, 0.25) is 0 Å². The molecule has 1 N–H and O–H groups in total. The van der Waals surface area contributed by atoms with E-state index in [1.54, 1.807) is 18.5 Å². The Hall–Kier alpha value is -2.17. The van der Waals surface area contributed by atoms with Crippen LogP contribution in [0.3, 0.4) is 0 Å². The Bertz CT molecular complexity index is 659. The Kier molecular flexibility index (Phi) is 4.22. The fourth-order valence-corrected chi connectivity index (χ4v) is 3.03. The number of piperidine rings is 1. The highest BCUT2D eigenvalue weighted by Crippen LogP contribution is 2.25. The number of aromatic nitrogens is 2. The molecule has 3 rings (SSSR count). The molecule has 116 valence electrons. The van der Waals surface area contributed by atoms with Gasteiger partial charge in [0, 0.05) is 31.0 Å². The van der Waals surface area contributed by atoms with Crippen molar-refractivity contribution < 1.29 is 4.39 Å². The minimum atomic E-state index is -0.178. The van der Waals surface area contributed by atoms with Gasteiger partial charge in [0.05, 0.1) is 11.9 Å². The second-order valence-electron chi connectivity index (χ2n) is 5.91. The van der Waals surface area contributed by atoms with E-state index in [2.05, 4.69) is 20.2 Å². The average Bonchev–Trinajstić information content (AvgIpc) is 2.47. The van der Waals surface area contributed by atoms with Crippen LogP contribution in [0.15, 0.2) is 30.6 Å². The Labute approximate surface area is 130 Å². The molecule has 0 aliphatic carbocycles. The summed E-state index contributed by atoms with van der Waals surface area (Å²) in [5, 5.41) is 3.46. The predicted octanol–water partition coefficient (Wildman–Crippen LogP) is 3.31. The number of rotatable bonds is 3. The number of halogens is 1. The van der Waals surface area contributed by atoms with Gasteiger partial charge in [0.15, 0.2) is 0 Å². The SMILES string of the molecule is Cc1cncc(NC2CCCN(c3ccc(F)cc3C)C2)n1. The first-order valence-electron chi connectivity index (χ1n) is 7.68. The van der Waals surface area contributed by atoms with Gasteiger partial charge in [-0.25, -0.2) is 9.37 Å². The molecule has 1 aliphatic heterocycles. The van der Waals surface area contributed by atoms with Crippen LogP contribution in [0.25, 0.3) is 0 Å². The molecule has 4 nitrogen and oxygen atoms in total. The molecule has 0 saturated carbocycles. The highest BCUT2D eigenvalue weighted by atomic mass is 19.1. The highest BCUT2D eigenvalue weighted by molar-refractivity contribution is 5.54. The third-order valence-corrected chi connectivity index (χ3v) is 4.03. The maximum absolute atomic E-state index is 13.3. The van der Waals surface area contributed by atoms with Crippen LogP contribution in [0.4, 0.5) is 15.9 Å². The number of hydrogen-bond acceptors (Lipinski definition) is 4. The topological polar surface area (TPSA) is 41.1 Å². The van der Waals surface area contributed by atoms with Crippen LogP contribution >= 0.6 is 0 Å². The van der Waals surface area contributed by atoms with E-state index in [9.17, 15) is 4.39 Å². The van der Waals surface area contributed by atoms with Crippen molar-refractivity contribution in [2.45, 2.75) is 32.7 Å².